The van der Waals surface area contributed by atoms with Gasteiger partial charge in [0.15, 0.2) is 6.29 Å². The van der Waals surface area contributed by atoms with Gasteiger partial charge < -0.3 is 14.6 Å². The Balaban J connectivity index is 2.72. The summed E-state index contributed by atoms with van der Waals surface area (Å²) < 4.78 is 10.7. The van der Waals surface area contributed by atoms with E-state index in [1.807, 2.05) is 27.7 Å². The summed E-state index contributed by atoms with van der Waals surface area (Å²) in [5.74, 6) is 0. The predicted molar refractivity (Wildman–Crippen MR) is 41.2 cm³/mol. The highest BCUT2D eigenvalue weighted by Crippen LogP contribution is 2.33. The number of rotatable bonds is 0. The molecule has 0 aromatic carbocycles. The zero-order valence-electron chi connectivity index (χ0n) is 7.55. The van der Waals surface area contributed by atoms with Gasteiger partial charge in [-0.05, 0) is 27.7 Å². The third-order valence-electron chi connectivity index (χ3n) is 2.47. The van der Waals surface area contributed by atoms with Crippen molar-refractivity contribution >= 4 is 0 Å². The van der Waals surface area contributed by atoms with Gasteiger partial charge in [0.25, 0.3) is 0 Å². The van der Waals surface area contributed by atoms with Crippen molar-refractivity contribution in [3.63, 3.8) is 0 Å². The van der Waals surface area contributed by atoms with Crippen molar-refractivity contribution in [3.05, 3.63) is 0 Å². The van der Waals surface area contributed by atoms with Gasteiger partial charge in [-0.2, -0.15) is 0 Å². The molecule has 1 unspecified atom stereocenters. The largest absolute Gasteiger partial charge is 0.367 e. The Kier molecular flexibility index (Phi) is 1.99. The van der Waals surface area contributed by atoms with Gasteiger partial charge in [0.05, 0.1) is 17.8 Å². The maximum Gasteiger partial charge on any atom is 0.179 e. The Morgan fingerprint density at radius 1 is 1.18 bits per heavy atom. The normalized spacial score (nSPS) is 35.2. The maximum atomic E-state index is 9.13. The number of aliphatic hydroxyl groups excluding tert-OH is 1. The summed E-state index contributed by atoms with van der Waals surface area (Å²) in [6, 6.07) is 0. The summed E-state index contributed by atoms with van der Waals surface area (Å²) in [6.07, 6.45) is -0.780. The molecule has 0 aliphatic carbocycles. The predicted octanol–water partition coefficient (Wildman–Crippen LogP) is 0.909. The van der Waals surface area contributed by atoms with Crippen LogP contribution in [0.4, 0.5) is 0 Å². The first-order valence-electron chi connectivity index (χ1n) is 3.85. The molecule has 66 valence electrons. The van der Waals surface area contributed by atoms with Gasteiger partial charge >= 0.3 is 0 Å². The van der Waals surface area contributed by atoms with E-state index in [4.69, 9.17) is 14.6 Å². The van der Waals surface area contributed by atoms with Crippen molar-refractivity contribution in [2.45, 2.75) is 45.2 Å². The van der Waals surface area contributed by atoms with Gasteiger partial charge in [-0.3, -0.25) is 0 Å². The molecule has 1 N–H and O–H groups in total. The van der Waals surface area contributed by atoms with Gasteiger partial charge in [-0.15, -0.1) is 0 Å². The van der Waals surface area contributed by atoms with E-state index in [0.29, 0.717) is 0 Å². The molecule has 1 aliphatic rings. The lowest BCUT2D eigenvalue weighted by Crippen LogP contribution is -2.56. The molecule has 11 heavy (non-hydrogen) atoms. The molecule has 1 atom stereocenters. The second kappa shape index (κ2) is 2.44. The first-order chi connectivity index (χ1) is 4.85. The van der Waals surface area contributed by atoms with Gasteiger partial charge in [-0.1, -0.05) is 0 Å². The average molecular weight is 160 g/mol. The molecule has 1 saturated heterocycles. The fraction of sp³-hybridized carbons (Fsp3) is 1.00. The smallest absolute Gasteiger partial charge is 0.179 e. The summed E-state index contributed by atoms with van der Waals surface area (Å²) in [5, 5.41) is 9.13. The second-order valence-corrected chi connectivity index (χ2v) is 3.90. The Hall–Kier alpha value is -0.120. The van der Waals surface area contributed by atoms with E-state index in [0.717, 1.165) is 0 Å². The van der Waals surface area contributed by atoms with Gasteiger partial charge in [0.1, 0.15) is 0 Å². The lowest BCUT2D eigenvalue weighted by Gasteiger charge is -2.46. The summed E-state index contributed by atoms with van der Waals surface area (Å²) in [5.41, 5.74) is -0.753. The molecular weight excluding hydrogens is 144 g/mol. The van der Waals surface area contributed by atoms with E-state index >= 15 is 0 Å². The highest BCUT2D eigenvalue weighted by molar-refractivity contribution is 4.92. The van der Waals surface area contributed by atoms with E-state index < -0.39 is 11.9 Å². The lowest BCUT2D eigenvalue weighted by molar-refractivity contribution is -0.312. The Labute approximate surface area is 67.3 Å². The van der Waals surface area contributed by atoms with E-state index in [1.165, 1.54) is 0 Å². The second-order valence-electron chi connectivity index (χ2n) is 3.90. The molecule has 0 radical (unpaired) electrons. The van der Waals surface area contributed by atoms with Crippen molar-refractivity contribution in [1.29, 1.82) is 0 Å². The van der Waals surface area contributed by atoms with Crippen LogP contribution in [0, 0.1) is 0 Å². The van der Waals surface area contributed by atoms with Crippen LogP contribution in [0.5, 0.6) is 0 Å². The van der Waals surface area contributed by atoms with Gasteiger partial charge in [0, 0.05) is 0 Å². The number of hydrogen-bond acceptors (Lipinski definition) is 3. The molecule has 3 heteroatoms. The van der Waals surface area contributed by atoms with E-state index in [9.17, 15) is 0 Å². The standard InChI is InChI=1S/C8H16O3/c1-7(2)8(3,4)11-6(9)5-10-7/h6,9H,5H2,1-4H3. The zero-order chi connectivity index (χ0) is 8.70. The van der Waals surface area contributed by atoms with Crippen LogP contribution in [0.25, 0.3) is 0 Å². The van der Waals surface area contributed by atoms with Gasteiger partial charge in [-0.25, -0.2) is 0 Å². The topological polar surface area (TPSA) is 38.7 Å². The molecule has 0 amide bonds. The summed E-state index contributed by atoms with van der Waals surface area (Å²) in [7, 11) is 0. The first-order valence-corrected chi connectivity index (χ1v) is 3.85. The highest BCUT2D eigenvalue weighted by atomic mass is 16.7. The summed E-state index contributed by atoms with van der Waals surface area (Å²) in [6.45, 7) is 8.00. The average Bonchev–Trinajstić information content (AvgIpc) is 1.80. The maximum absolute atomic E-state index is 9.13. The van der Waals surface area contributed by atoms with Crippen molar-refractivity contribution in [2.24, 2.45) is 0 Å². The summed E-state index contributed by atoms with van der Waals surface area (Å²) >= 11 is 0. The molecule has 3 nitrogen and oxygen atoms in total. The number of aliphatic hydroxyl groups is 1. The third kappa shape index (κ3) is 1.55. The van der Waals surface area contributed by atoms with Gasteiger partial charge in [0.2, 0.25) is 0 Å². The van der Waals surface area contributed by atoms with Crippen LogP contribution in [0.3, 0.4) is 0 Å². The molecule has 1 rings (SSSR count). The Bertz CT molecular complexity index is 151. The van der Waals surface area contributed by atoms with Crippen LogP contribution in [-0.4, -0.2) is 29.2 Å². The molecule has 0 saturated carbocycles. The summed E-state index contributed by atoms with van der Waals surface area (Å²) in [4.78, 5) is 0. The highest BCUT2D eigenvalue weighted by Gasteiger charge is 2.44. The van der Waals surface area contributed by atoms with E-state index in [1.54, 1.807) is 0 Å². The lowest BCUT2D eigenvalue weighted by atomic mass is 9.88. The quantitative estimate of drug-likeness (QED) is 0.572. The van der Waals surface area contributed by atoms with Crippen molar-refractivity contribution in [1.82, 2.24) is 0 Å². The van der Waals surface area contributed by atoms with Crippen LogP contribution >= 0.6 is 0 Å². The van der Waals surface area contributed by atoms with Crippen molar-refractivity contribution < 1.29 is 14.6 Å². The van der Waals surface area contributed by atoms with Crippen molar-refractivity contribution in [3.8, 4) is 0 Å². The third-order valence-corrected chi connectivity index (χ3v) is 2.47. The van der Waals surface area contributed by atoms with Crippen LogP contribution in [0.2, 0.25) is 0 Å². The number of ether oxygens (including phenoxy) is 2. The van der Waals surface area contributed by atoms with Crippen LogP contribution in [-0.2, 0) is 9.47 Å². The van der Waals surface area contributed by atoms with Crippen LogP contribution in [0.1, 0.15) is 27.7 Å². The Morgan fingerprint density at radius 2 is 1.73 bits per heavy atom. The first kappa shape index (κ1) is 8.97. The minimum absolute atomic E-state index is 0.260. The molecule has 0 bridgehead atoms. The monoisotopic (exact) mass is 160 g/mol. The Morgan fingerprint density at radius 3 is 2.09 bits per heavy atom. The molecule has 1 aliphatic heterocycles. The van der Waals surface area contributed by atoms with E-state index in [2.05, 4.69) is 0 Å². The minimum Gasteiger partial charge on any atom is -0.367 e. The van der Waals surface area contributed by atoms with Crippen LogP contribution < -0.4 is 0 Å². The SMILES string of the molecule is CC1(C)OCC(O)OC1(C)C. The molecular formula is C8H16O3. The molecule has 0 spiro atoms. The molecule has 0 aromatic heterocycles. The molecule has 1 heterocycles. The molecule has 1 fully saturated rings. The van der Waals surface area contributed by atoms with E-state index in [-0.39, 0.29) is 12.2 Å². The molecule has 0 aromatic rings. The fourth-order valence-electron chi connectivity index (χ4n) is 0.969. The minimum atomic E-state index is -0.780. The van der Waals surface area contributed by atoms with Crippen molar-refractivity contribution in [2.75, 3.05) is 6.61 Å². The zero-order valence-corrected chi connectivity index (χ0v) is 7.55. The fourth-order valence-corrected chi connectivity index (χ4v) is 0.969. The number of hydrogen-bond donors (Lipinski definition) is 1. The van der Waals surface area contributed by atoms with Crippen LogP contribution in [0.15, 0.2) is 0 Å².